The van der Waals surface area contributed by atoms with Crippen LogP contribution in [0.5, 0.6) is 17.2 Å². The number of ether oxygens (including phenoxy) is 5. The largest absolute Gasteiger partial charge is 0.493 e. The van der Waals surface area contributed by atoms with Gasteiger partial charge in [-0.1, -0.05) is 66.7 Å². The van der Waals surface area contributed by atoms with Gasteiger partial charge in [0.2, 0.25) is 5.75 Å². The second-order valence-corrected chi connectivity index (χ2v) is 8.47. The van der Waals surface area contributed by atoms with E-state index in [4.69, 9.17) is 43.5 Å². The quantitative estimate of drug-likeness (QED) is 0.261. The van der Waals surface area contributed by atoms with E-state index >= 15 is 0 Å². The Balaban J connectivity index is 0.000000631. The molecule has 10 heteroatoms. The SMILES string of the molecule is COc1cccc(OC)c1OCCNCC1COCC(c2ccccc2)(c2ccccc2)O1.O=C(O)C(=O)O. The Morgan fingerprint density at radius 2 is 1.41 bits per heavy atom. The van der Waals surface area contributed by atoms with E-state index in [1.165, 1.54) is 0 Å². The fourth-order valence-electron chi connectivity index (χ4n) is 4.12. The van der Waals surface area contributed by atoms with Gasteiger partial charge in [0.1, 0.15) is 12.2 Å². The first-order valence-corrected chi connectivity index (χ1v) is 12.3. The van der Waals surface area contributed by atoms with Gasteiger partial charge < -0.3 is 39.2 Å². The molecule has 3 N–H and O–H groups in total. The van der Waals surface area contributed by atoms with Crippen molar-refractivity contribution in [1.29, 1.82) is 0 Å². The van der Waals surface area contributed by atoms with Crippen LogP contribution >= 0.6 is 0 Å². The van der Waals surface area contributed by atoms with Crippen molar-refractivity contribution >= 4 is 11.9 Å². The molecule has 0 radical (unpaired) electrons. The molecule has 1 saturated heterocycles. The maximum absolute atomic E-state index is 9.10. The molecule has 0 saturated carbocycles. The Morgan fingerprint density at radius 1 is 0.872 bits per heavy atom. The van der Waals surface area contributed by atoms with Gasteiger partial charge in [-0.15, -0.1) is 0 Å². The maximum Gasteiger partial charge on any atom is 0.414 e. The fourth-order valence-corrected chi connectivity index (χ4v) is 4.12. The number of hydrogen-bond donors (Lipinski definition) is 3. The molecule has 1 aliphatic heterocycles. The van der Waals surface area contributed by atoms with Crippen LogP contribution in [0.1, 0.15) is 11.1 Å². The van der Waals surface area contributed by atoms with Crippen molar-refractivity contribution in [3.63, 3.8) is 0 Å². The molecule has 1 aliphatic rings. The van der Waals surface area contributed by atoms with Gasteiger partial charge in [0.15, 0.2) is 11.5 Å². The molecule has 0 bridgehead atoms. The molecule has 10 nitrogen and oxygen atoms in total. The van der Waals surface area contributed by atoms with Gasteiger partial charge >= 0.3 is 11.9 Å². The minimum atomic E-state index is -1.82. The number of rotatable bonds is 10. The molecule has 0 spiro atoms. The van der Waals surface area contributed by atoms with Gasteiger partial charge in [-0.05, 0) is 23.3 Å². The standard InChI is InChI=1S/C27H31NO5.C2H2O4/c1-29-24-14-9-15-25(30-2)26(24)32-17-16-28-18-23-19-31-20-27(33-23,21-10-5-3-6-11-21)22-12-7-4-8-13-22;3-1(4)2(5)6/h3-15,23,28H,16-20H2,1-2H3;(H,3,4)(H,5,6). The van der Waals surface area contributed by atoms with Gasteiger partial charge in [-0.2, -0.15) is 0 Å². The van der Waals surface area contributed by atoms with Crippen LogP contribution in [-0.2, 0) is 24.7 Å². The molecule has 1 atom stereocenters. The first kappa shape index (κ1) is 29.4. The summed E-state index contributed by atoms with van der Waals surface area (Å²) in [4.78, 5) is 18.2. The number of carbonyl (C=O) groups is 2. The summed E-state index contributed by atoms with van der Waals surface area (Å²) in [6.07, 6.45) is -0.0973. The third kappa shape index (κ3) is 7.93. The van der Waals surface area contributed by atoms with Crippen LogP contribution in [0.3, 0.4) is 0 Å². The summed E-state index contributed by atoms with van der Waals surface area (Å²) >= 11 is 0. The minimum absolute atomic E-state index is 0.0973. The lowest BCUT2D eigenvalue weighted by Gasteiger charge is -2.42. The van der Waals surface area contributed by atoms with E-state index in [2.05, 4.69) is 29.6 Å². The molecule has 0 aliphatic carbocycles. The van der Waals surface area contributed by atoms with Crippen LogP contribution in [0.4, 0.5) is 0 Å². The normalized spacial score (nSPS) is 15.8. The second kappa shape index (κ2) is 14.7. The Kier molecular flexibility index (Phi) is 11.1. The van der Waals surface area contributed by atoms with E-state index in [1.807, 2.05) is 54.6 Å². The van der Waals surface area contributed by atoms with Crippen molar-refractivity contribution in [1.82, 2.24) is 5.32 Å². The first-order chi connectivity index (χ1) is 18.9. The Labute approximate surface area is 227 Å². The number of nitrogens with one attached hydrogen (secondary N) is 1. The first-order valence-electron chi connectivity index (χ1n) is 12.3. The molecule has 1 fully saturated rings. The molecule has 3 aromatic carbocycles. The van der Waals surface area contributed by atoms with E-state index in [0.717, 1.165) is 11.1 Å². The van der Waals surface area contributed by atoms with E-state index in [0.29, 0.717) is 50.2 Å². The number of aliphatic carboxylic acids is 2. The predicted molar refractivity (Wildman–Crippen MR) is 143 cm³/mol. The predicted octanol–water partition coefficient (Wildman–Crippen LogP) is 3.19. The summed E-state index contributed by atoms with van der Waals surface area (Å²) in [5.41, 5.74) is 1.55. The van der Waals surface area contributed by atoms with Crippen molar-refractivity contribution in [3.8, 4) is 17.2 Å². The Hall–Kier alpha value is -4.12. The monoisotopic (exact) mass is 539 g/mol. The highest BCUT2D eigenvalue weighted by molar-refractivity contribution is 6.27. The van der Waals surface area contributed by atoms with Crippen molar-refractivity contribution in [2.45, 2.75) is 11.7 Å². The van der Waals surface area contributed by atoms with Crippen LogP contribution < -0.4 is 19.5 Å². The lowest BCUT2D eigenvalue weighted by Crippen LogP contribution is -2.49. The lowest BCUT2D eigenvalue weighted by molar-refractivity contribution is -0.183. The number of para-hydroxylation sites is 1. The zero-order chi connectivity index (χ0) is 28.1. The highest BCUT2D eigenvalue weighted by atomic mass is 16.6. The van der Waals surface area contributed by atoms with Crippen LogP contribution in [0.2, 0.25) is 0 Å². The van der Waals surface area contributed by atoms with Crippen molar-refractivity contribution in [2.75, 3.05) is 47.1 Å². The molecule has 1 unspecified atom stereocenters. The maximum atomic E-state index is 9.10. The van der Waals surface area contributed by atoms with Crippen molar-refractivity contribution in [3.05, 3.63) is 90.0 Å². The number of methoxy groups -OCH3 is 2. The summed E-state index contributed by atoms with van der Waals surface area (Å²) in [6, 6.07) is 26.1. The third-order valence-corrected chi connectivity index (χ3v) is 5.92. The summed E-state index contributed by atoms with van der Waals surface area (Å²) < 4.78 is 29.5. The smallest absolute Gasteiger partial charge is 0.414 e. The summed E-state index contributed by atoms with van der Waals surface area (Å²) in [7, 11) is 3.23. The molecule has 4 rings (SSSR count). The van der Waals surface area contributed by atoms with Gasteiger partial charge in [-0.3, -0.25) is 0 Å². The highest BCUT2D eigenvalue weighted by Gasteiger charge is 2.41. The van der Waals surface area contributed by atoms with Crippen LogP contribution in [-0.4, -0.2) is 75.4 Å². The highest BCUT2D eigenvalue weighted by Crippen LogP contribution is 2.38. The summed E-state index contributed by atoms with van der Waals surface area (Å²) in [5.74, 6) is -1.75. The number of carboxylic acids is 2. The Bertz CT molecular complexity index is 1110. The van der Waals surface area contributed by atoms with Crippen LogP contribution in [0.15, 0.2) is 78.9 Å². The molecule has 39 heavy (non-hydrogen) atoms. The topological polar surface area (TPSA) is 133 Å². The lowest BCUT2D eigenvalue weighted by atomic mass is 9.86. The number of benzene rings is 3. The van der Waals surface area contributed by atoms with Gasteiger partial charge in [0.05, 0.1) is 33.5 Å². The zero-order valence-electron chi connectivity index (χ0n) is 21.9. The van der Waals surface area contributed by atoms with Gasteiger partial charge in [0.25, 0.3) is 0 Å². The van der Waals surface area contributed by atoms with Gasteiger partial charge in [-0.25, -0.2) is 9.59 Å². The zero-order valence-corrected chi connectivity index (χ0v) is 21.9. The molecule has 1 heterocycles. The molecular weight excluding hydrogens is 506 g/mol. The summed E-state index contributed by atoms with van der Waals surface area (Å²) in [5, 5.41) is 18.2. The summed E-state index contributed by atoms with van der Waals surface area (Å²) in [6.45, 7) is 2.77. The number of hydrogen-bond acceptors (Lipinski definition) is 8. The molecule has 0 aromatic heterocycles. The fraction of sp³-hybridized carbons (Fsp3) is 0.310. The molecule has 208 valence electrons. The molecular formula is C29H33NO9. The van der Waals surface area contributed by atoms with Crippen LogP contribution in [0, 0.1) is 0 Å². The van der Waals surface area contributed by atoms with Crippen molar-refractivity contribution in [2.24, 2.45) is 0 Å². The number of carboxylic acid groups (broad SMARTS) is 2. The average Bonchev–Trinajstić information content (AvgIpc) is 2.98. The average molecular weight is 540 g/mol. The van der Waals surface area contributed by atoms with Crippen LogP contribution in [0.25, 0.3) is 0 Å². The van der Waals surface area contributed by atoms with E-state index < -0.39 is 17.5 Å². The minimum Gasteiger partial charge on any atom is -0.493 e. The van der Waals surface area contributed by atoms with E-state index in [-0.39, 0.29) is 6.10 Å². The van der Waals surface area contributed by atoms with Crippen molar-refractivity contribution < 1.29 is 43.5 Å². The molecule has 0 amide bonds. The van der Waals surface area contributed by atoms with E-state index in [1.54, 1.807) is 14.2 Å². The Morgan fingerprint density at radius 3 is 1.90 bits per heavy atom. The van der Waals surface area contributed by atoms with Gasteiger partial charge in [0, 0.05) is 13.1 Å². The molecule has 3 aromatic rings. The second-order valence-electron chi connectivity index (χ2n) is 8.47. The third-order valence-electron chi connectivity index (χ3n) is 5.92. The van der Waals surface area contributed by atoms with E-state index in [9.17, 15) is 0 Å².